The van der Waals surface area contributed by atoms with E-state index in [4.69, 9.17) is 23.8 Å². The molecule has 92 valence electrons. The van der Waals surface area contributed by atoms with Crippen LogP contribution in [0.4, 0.5) is 5.69 Å². The Hall–Kier alpha value is -1.22. The molecule has 1 aromatic carbocycles. The number of nitrogen functional groups attached to an aromatic ring is 1. The van der Waals surface area contributed by atoms with Crippen LogP contribution < -0.4 is 10.5 Å². The molecule has 6 heteroatoms. The van der Waals surface area contributed by atoms with Gasteiger partial charge in [-0.15, -0.1) is 6.42 Å². The van der Waals surface area contributed by atoms with Gasteiger partial charge in [0.05, 0.1) is 10.9 Å². The number of anilines is 1. The highest BCUT2D eigenvalue weighted by atomic mass is 35.5. The van der Waals surface area contributed by atoms with Crippen LogP contribution in [-0.4, -0.2) is 14.5 Å². The van der Waals surface area contributed by atoms with Gasteiger partial charge in [0.2, 0.25) is 10.0 Å². The molecule has 4 nitrogen and oxygen atoms in total. The van der Waals surface area contributed by atoms with E-state index in [0.29, 0.717) is 11.3 Å². The summed E-state index contributed by atoms with van der Waals surface area (Å²) in [5, 5.41) is 0.266. The molecule has 1 rings (SSSR count). The predicted molar refractivity (Wildman–Crippen MR) is 69.2 cm³/mol. The van der Waals surface area contributed by atoms with Gasteiger partial charge in [0, 0.05) is 10.7 Å². The van der Waals surface area contributed by atoms with E-state index >= 15 is 0 Å². The third kappa shape index (κ3) is 3.13. The molecule has 1 atom stereocenters. The van der Waals surface area contributed by atoms with Crippen LogP contribution in [0.1, 0.15) is 12.5 Å². The molecular weight excluding hydrogens is 260 g/mol. The average Bonchev–Trinajstić information content (AvgIpc) is 2.22. The second kappa shape index (κ2) is 4.96. The van der Waals surface area contributed by atoms with Gasteiger partial charge in [0.1, 0.15) is 0 Å². The fraction of sp³-hybridized carbons (Fsp3) is 0.273. The van der Waals surface area contributed by atoms with E-state index in [1.54, 1.807) is 13.8 Å². The maximum atomic E-state index is 12.0. The van der Waals surface area contributed by atoms with E-state index in [0.717, 1.165) is 0 Å². The molecule has 0 aliphatic rings. The van der Waals surface area contributed by atoms with E-state index < -0.39 is 16.1 Å². The molecule has 0 bridgehead atoms. The summed E-state index contributed by atoms with van der Waals surface area (Å²) in [5.41, 5.74) is 6.44. The molecule has 0 aromatic heterocycles. The summed E-state index contributed by atoms with van der Waals surface area (Å²) in [6.07, 6.45) is 5.13. The molecular formula is C11H13ClN2O2S. The van der Waals surface area contributed by atoms with Gasteiger partial charge in [0.25, 0.3) is 0 Å². The minimum Gasteiger partial charge on any atom is -0.398 e. The van der Waals surface area contributed by atoms with Crippen LogP contribution in [0.2, 0.25) is 5.02 Å². The second-order valence-electron chi connectivity index (χ2n) is 3.63. The smallest absolute Gasteiger partial charge is 0.242 e. The summed E-state index contributed by atoms with van der Waals surface area (Å²) < 4.78 is 26.4. The molecule has 0 fully saturated rings. The highest BCUT2D eigenvalue weighted by Gasteiger charge is 2.20. The molecule has 0 saturated carbocycles. The number of sulfonamides is 1. The minimum absolute atomic E-state index is 0.0459. The Morgan fingerprint density at radius 3 is 2.65 bits per heavy atom. The first kappa shape index (κ1) is 13.8. The van der Waals surface area contributed by atoms with Crippen LogP contribution in [0.15, 0.2) is 17.0 Å². The van der Waals surface area contributed by atoms with E-state index in [-0.39, 0.29) is 9.92 Å². The second-order valence-corrected chi connectivity index (χ2v) is 5.75. The zero-order chi connectivity index (χ0) is 13.2. The molecule has 0 amide bonds. The van der Waals surface area contributed by atoms with Crippen molar-refractivity contribution >= 4 is 27.3 Å². The van der Waals surface area contributed by atoms with Gasteiger partial charge in [-0.3, -0.25) is 0 Å². The fourth-order valence-electron chi connectivity index (χ4n) is 1.28. The van der Waals surface area contributed by atoms with E-state index in [9.17, 15) is 8.42 Å². The number of benzene rings is 1. The molecule has 17 heavy (non-hydrogen) atoms. The van der Waals surface area contributed by atoms with Crippen molar-refractivity contribution in [1.29, 1.82) is 0 Å². The number of hydrogen-bond donors (Lipinski definition) is 2. The van der Waals surface area contributed by atoms with Crippen LogP contribution in [-0.2, 0) is 10.0 Å². The lowest BCUT2D eigenvalue weighted by molar-refractivity contribution is 0.577. The zero-order valence-corrected chi connectivity index (χ0v) is 11.1. The lowest BCUT2D eigenvalue weighted by Crippen LogP contribution is -2.32. The molecule has 0 spiro atoms. The van der Waals surface area contributed by atoms with E-state index in [2.05, 4.69) is 10.6 Å². The van der Waals surface area contributed by atoms with Gasteiger partial charge in [-0.05, 0) is 31.5 Å². The molecule has 0 aliphatic carbocycles. The highest BCUT2D eigenvalue weighted by molar-refractivity contribution is 7.89. The van der Waals surface area contributed by atoms with Crippen LogP contribution in [0.3, 0.4) is 0 Å². The van der Waals surface area contributed by atoms with Crippen LogP contribution >= 0.6 is 11.6 Å². The molecule has 0 radical (unpaired) electrons. The van der Waals surface area contributed by atoms with Crippen LogP contribution in [0.25, 0.3) is 0 Å². The number of nitrogens with one attached hydrogen (secondary N) is 1. The minimum atomic E-state index is -3.70. The predicted octanol–water partition coefficient (Wildman–Crippen LogP) is 1.53. The van der Waals surface area contributed by atoms with Gasteiger partial charge in [0.15, 0.2) is 0 Å². The lowest BCUT2D eigenvalue weighted by atomic mass is 10.2. The summed E-state index contributed by atoms with van der Waals surface area (Å²) >= 11 is 5.79. The quantitative estimate of drug-likeness (QED) is 0.647. The van der Waals surface area contributed by atoms with Crippen molar-refractivity contribution in [2.75, 3.05) is 5.73 Å². The Labute approximate surface area is 106 Å². The van der Waals surface area contributed by atoms with Crippen molar-refractivity contribution in [2.45, 2.75) is 24.8 Å². The van der Waals surface area contributed by atoms with Gasteiger partial charge in [-0.1, -0.05) is 17.5 Å². The fourth-order valence-corrected chi connectivity index (χ4v) is 3.04. The third-order valence-electron chi connectivity index (χ3n) is 2.24. The summed E-state index contributed by atoms with van der Waals surface area (Å²) in [6, 6.07) is 2.25. The van der Waals surface area contributed by atoms with Crippen molar-refractivity contribution in [2.24, 2.45) is 0 Å². The third-order valence-corrected chi connectivity index (χ3v) is 4.12. The highest BCUT2D eigenvalue weighted by Crippen LogP contribution is 2.25. The SMILES string of the molecule is C#CC(C)NS(=O)(=O)c1cc(Cl)cc(N)c1C. The van der Waals surface area contributed by atoms with Gasteiger partial charge < -0.3 is 5.73 Å². The summed E-state index contributed by atoms with van der Waals surface area (Å²) in [4.78, 5) is 0.0459. The van der Waals surface area contributed by atoms with Crippen LogP contribution in [0.5, 0.6) is 0 Å². The van der Waals surface area contributed by atoms with Crippen LogP contribution in [0, 0.1) is 19.3 Å². The maximum absolute atomic E-state index is 12.0. The first-order valence-corrected chi connectivity index (χ1v) is 6.68. The molecule has 0 saturated heterocycles. The number of rotatable bonds is 3. The summed E-state index contributed by atoms with van der Waals surface area (Å²) in [6.45, 7) is 3.18. The summed E-state index contributed by atoms with van der Waals surface area (Å²) in [5.74, 6) is 2.28. The van der Waals surface area contributed by atoms with Gasteiger partial charge >= 0.3 is 0 Å². The topological polar surface area (TPSA) is 72.2 Å². The first-order chi connectivity index (χ1) is 7.77. The lowest BCUT2D eigenvalue weighted by Gasteiger charge is -2.13. The monoisotopic (exact) mass is 272 g/mol. The van der Waals surface area contributed by atoms with Crippen molar-refractivity contribution in [3.05, 3.63) is 22.7 Å². The van der Waals surface area contributed by atoms with Crippen molar-refractivity contribution in [3.8, 4) is 12.3 Å². The molecule has 0 heterocycles. The standard InChI is InChI=1S/C11H13ClN2O2S/c1-4-7(2)14-17(15,16)11-6-9(12)5-10(13)8(11)3/h1,5-7,14H,13H2,2-3H3. The van der Waals surface area contributed by atoms with Crippen molar-refractivity contribution in [1.82, 2.24) is 4.72 Å². The molecule has 3 N–H and O–H groups in total. The molecule has 1 unspecified atom stereocenters. The van der Waals surface area contributed by atoms with E-state index in [1.165, 1.54) is 12.1 Å². The number of terminal acetylenes is 1. The Balaban J connectivity index is 3.30. The Morgan fingerprint density at radius 2 is 2.12 bits per heavy atom. The first-order valence-electron chi connectivity index (χ1n) is 4.82. The Morgan fingerprint density at radius 1 is 1.53 bits per heavy atom. The van der Waals surface area contributed by atoms with Crippen molar-refractivity contribution < 1.29 is 8.42 Å². The Bertz CT molecular complexity index is 576. The van der Waals surface area contributed by atoms with E-state index in [1.807, 2.05) is 0 Å². The van der Waals surface area contributed by atoms with Gasteiger partial charge in [-0.25, -0.2) is 8.42 Å². The largest absolute Gasteiger partial charge is 0.398 e. The average molecular weight is 273 g/mol. The number of hydrogen-bond acceptors (Lipinski definition) is 3. The maximum Gasteiger partial charge on any atom is 0.242 e. The van der Waals surface area contributed by atoms with Crippen molar-refractivity contribution in [3.63, 3.8) is 0 Å². The number of halogens is 1. The Kier molecular flexibility index (Phi) is 4.04. The zero-order valence-electron chi connectivity index (χ0n) is 9.49. The van der Waals surface area contributed by atoms with Gasteiger partial charge in [-0.2, -0.15) is 4.72 Å². The molecule has 0 aliphatic heterocycles. The molecule has 1 aromatic rings. The summed E-state index contributed by atoms with van der Waals surface area (Å²) in [7, 11) is -3.70. The number of nitrogens with two attached hydrogens (primary N) is 1. The normalized spacial score (nSPS) is 13.1.